The third-order valence-corrected chi connectivity index (χ3v) is 2.10. The van der Waals surface area contributed by atoms with Crippen LogP contribution in [0.4, 0.5) is 0 Å². The van der Waals surface area contributed by atoms with E-state index in [2.05, 4.69) is 78.9 Å². The Morgan fingerprint density at radius 3 is 0.183 bits per heavy atom. The van der Waals surface area contributed by atoms with Crippen molar-refractivity contribution in [2.45, 2.75) is 0 Å². The van der Waals surface area contributed by atoms with E-state index in [4.69, 9.17) is 61.3 Å². The lowest BCUT2D eigenvalue weighted by Crippen LogP contribution is -1.82. The van der Waals surface area contributed by atoms with Gasteiger partial charge in [-0.05, 0) is 0 Å². The molecule has 0 spiro atoms. The first kappa shape index (κ1) is 83.5. The molecule has 0 aromatic rings. The molecule has 0 aliphatic carbocycles. The van der Waals surface area contributed by atoms with Gasteiger partial charge in [0.15, 0.2) is 0 Å². The standard InChI is InChI=1S/12C3H4O2/c12*1-2-3(4)5/h12*2H,1H2,(H,4,5). The van der Waals surface area contributed by atoms with Crippen LogP contribution < -0.4 is 0 Å². The van der Waals surface area contributed by atoms with E-state index in [1.54, 1.807) is 0 Å². The van der Waals surface area contributed by atoms with Gasteiger partial charge >= 0.3 is 71.6 Å². The summed E-state index contributed by atoms with van der Waals surface area (Å²) in [5.41, 5.74) is 0. The summed E-state index contributed by atoms with van der Waals surface area (Å²) in [6.45, 7) is 35.5. The first-order valence-electron chi connectivity index (χ1n) is 13.5. The molecule has 24 nitrogen and oxygen atoms in total. The minimum Gasteiger partial charge on any atom is -0.478 e. The lowest BCUT2D eigenvalue weighted by atomic mass is 10.7. The molecular weight excluding hydrogens is 816 g/mol. The second-order valence-corrected chi connectivity index (χ2v) is 6.51. The maximum Gasteiger partial charge on any atom is 0.327 e. The molecule has 0 amide bonds. The molecule has 24 heteroatoms. The Balaban J connectivity index is -0.0000000419. The summed E-state index contributed by atoms with van der Waals surface area (Å²) in [5, 5.41) is 91.2. The first-order chi connectivity index (χ1) is 27.2. The summed E-state index contributed by atoms with van der Waals surface area (Å²) in [7, 11) is 0. The Kier molecular flexibility index (Phi) is 109. The van der Waals surface area contributed by atoms with Crippen LogP contribution in [0.1, 0.15) is 0 Å². The largest absolute Gasteiger partial charge is 0.478 e. The predicted molar refractivity (Wildman–Crippen MR) is 214 cm³/mol. The number of carboxylic acid groups (broad SMARTS) is 12. The molecule has 0 heterocycles. The fourth-order valence-electron chi connectivity index (χ4n) is 0. The van der Waals surface area contributed by atoms with Crippen LogP contribution in [0.2, 0.25) is 0 Å². The molecule has 0 atom stereocenters. The van der Waals surface area contributed by atoms with E-state index in [0.29, 0.717) is 0 Å². The van der Waals surface area contributed by atoms with Crippen molar-refractivity contribution in [3.63, 3.8) is 0 Å². The molecule has 0 aliphatic rings. The smallest absolute Gasteiger partial charge is 0.327 e. The first-order valence-corrected chi connectivity index (χ1v) is 13.5. The van der Waals surface area contributed by atoms with Gasteiger partial charge in [-0.15, -0.1) is 0 Å². The van der Waals surface area contributed by atoms with Crippen molar-refractivity contribution in [2.24, 2.45) is 0 Å². The zero-order chi connectivity index (χ0) is 51.4. The van der Waals surface area contributed by atoms with E-state index in [0.717, 1.165) is 72.9 Å². The van der Waals surface area contributed by atoms with Crippen molar-refractivity contribution < 1.29 is 119 Å². The summed E-state index contributed by atoms with van der Waals surface area (Å²) in [4.78, 5) is 111. The predicted octanol–water partition coefficient (Wildman–Crippen LogP) is 3.08. The molecule has 0 aromatic heterocycles. The Morgan fingerprint density at radius 2 is 0.183 bits per heavy atom. The average Bonchev–Trinajstić information content (AvgIpc) is 3.19. The third kappa shape index (κ3) is 520. The molecule has 0 unspecified atom stereocenters. The fraction of sp³-hybridized carbons (Fsp3) is 0. The zero-order valence-electron chi connectivity index (χ0n) is 31.7. The van der Waals surface area contributed by atoms with Gasteiger partial charge in [0.1, 0.15) is 0 Å². The van der Waals surface area contributed by atoms with Crippen molar-refractivity contribution >= 4 is 71.6 Å². The highest BCUT2D eigenvalue weighted by molar-refractivity contribution is 5.82. The second kappa shape index (κ2) is 78.6. The van der Waals surface area contributed by atoms with E-state index in [1.165, 1.54) is 0 Å². The number of rotatable bonds is 12. The minimum atomic E-state index is -0.981. The van der Waals surface area contributed by atoms with Crippen LogP contribution in [0.3, 0.4) is 0 Å². The van der Waals surface area contributed by atoms with Crippen LogP contribution in [-0.4, -0.2) is 133 Å². The summed E-state index contributed by atoms with van der Waals surface area (Å²) < 4.78 is 0. The normalized spacial score (nSPS) is 6.40. The molecule has 0 fully saturated rings. The Labute approximate surface area is 342 Å². The Bertz CT molecular complexity index is 1060. The lowest BCUT2D eigenvalue weighted by molar-refractivity contribution is -0.132. The van der Waals surface area contributed by atoms with Crippen LogP contribution in [0.25, 0.3) is 0 Å². The van der Waals surface area contributed by atoms with Crippen LogP contribution >= 0.6 is 0 Å². The SMILES string of the molecule is C=CC(=O)O.C=CC(=O)O.C=CC(=O)O.C=CC(=O)O.C=CC(=O)O.C=CC(=O)O.C=CC(=O)O.C=CC(=O)O.C=CC(=O)O.C=CC(=O)O.C=CC(=O)O.C=CC(=O)O. The average molecular weight is 865 g/mol. The number of aliphatic carboxylic acids is 12. The molecule has 0 saturated heterocycles. The molecule has 60 heavy (non-hydrogen) atoms. The lowest BCUT2D eigenvalue weighted by Gasteiger charge is -1.64. The van der Waals surface area contributed by atoms with Gasteiger partial charge in [0.05, 0.1) is 0 Å². The Hall–Kier alpha value is -9.48. The van der Waals surface area contributed by atoms with Gasteiger partial charge in [-0.25, -0.2) is 57.5 Å². The summed E-state index contributed by atoms with van der Waals surface area (Å²) in [6.07, 6.45) is 10.0. The topological polar surface area (TPSA) is 448 Å². The van der Waals surface area contributed by atoms with Crippen molar-refractivity contribution in [3.8, 4) is 0 Å². The van der Waals surface area contributed by atoms with Gasteiger partial charge in [-0.1, -0.05) is 78.9 Å². The van der Waals surface area contributed by atoms with E-state index in [1.807, 2.05) is 0 Å². The maximum atomic E-state index is 9.25. The number of carbonyl (C=O) groups is 12. The molecule has 0 rings (SSSR count). The summed E-state index contributed by atoms with van der Waals surface area (Å²) in [5.74, 6) is -11.8. The molecule has 0 aromatic carbocycles. The van der Waals surface area contributed by atoms with Gasteiger partial charge in [-0.2, -0.15) is 0 Å². The molecule has 0 saturated carbocycles. The van der Waals surface area contributed by atoms with E-state index in [-0.39, 0.29) is 0 Å². The molecule has 0 bridgehead atoms. The highest BCUT2D eigenvalue weighted by Crippen LogP contribution is 1.59. The van der Waals surface area contributed by atoms with Crippen LogP contribution in [0.5, 0.6) is 0 Å². The van der Waals surface area contributed by atoms with E-state index >= 15 is 0 Å². The zero-order valence-corrected chi connectivity index (χ0v) is 31.7. The molecule has 0 radical (unpaired) electrons. The molecule has 336 valence electrons. The second-order valence-electron chi connectivity index (χ2n) is 6.51. The summed E-state index contributed by atoms with van der Waals surface area (Å²) >= 11 is 0. The van der Waals surface area contributed by atoms with Crippen LogP contribution in [0.15, 0.2) is 152 Å². The van der Waals surface area contributed by atoms with Crippen molar-refractivity contribution in [1.29, 1.82) is 0 Å². The highest BCUT2D eigenvalue weighted by atomic mass is 16.4. The van der Waals surface area contributed by atoms with Crippen LogP contribution in [-0.2, 0) is 57.5 Å². The highest BCUT2D eigenvalue weighted by Gasteiger charge is 1.78. The Morgan fingerprint density at radius 1 is 0.167 bits per heavy atom. The maximum absolute atomic E-state index is 9.25. The molecule has 0 aliphatic heterocycles. The number of hydrogen-bond acceptors (Lipinski definition) is 12. The number of carboxylic acids is 12. The summed E-state index contributed by atoms with van der Waals surface area (Å²) in [6, 6.07) is 0. The molecular formula is C36H48O24. The number of hydrogen-bond donors (Lipinski definition) is 12. The monoisotopic (exact) mass is 864 g/mol. The van der Waals surface area contributed by atoms with E-state index < -0.39 is 71.6 Å². The van der Waals surface area contributed by atoms with Gasteiger partial charge in [0.25, 0.3) is 0 Å². The van der Waals surface area contributed by atoms with Gasteiger partial charge in [-0.3, -0.25) is 0 Å². The van der Waals surface area contributed by atoms with Crippen LogP contribution in [0, 0.1) is 0 Å². The van der Waals surface area contributed by atoms with E-state index in [9.17, 15) is 57.5 Å². The quantitative estimate of drug-likeness (QED) is 0.125. The third-order valence-electron chi connectivity index (χ3n) is 2.10. The molecule has 12 N–H and O–H groups in total. The van der Waals surface area contributed by atoms with Gasteiger partial charge in [0.2, 0.25) is 0 Å². The minimum absolute atomic E-state index is 0.833. The van der Waals surface area contributed by atoms with Crippen molar-refractivity contribution in [3.05, 3.63) is 152 Å². The van der Waals surface area contributed by atoms with Gasteiger partial charge < -0.3 is 61.3 Å². The van der Waals surface area contributed by atoms with Crippen molar-refractivity contribution in [1.82, 2.24) is 0 Å². The van der Waals surface area contributed by atoms with Crippen molar-refractivity contribution in [2.75, 3.05) is 0 Å². The van der Waals surface area contributed by atoms with Gasteiger partial charge in [0, 0.05) is 72.9 Å². The fourth-order valence-corrected chi connectivity index (χ4v) is 0.